The highest BCUT2D eigenvalue weighted by molar-refractivity contribution is 5.17. The summed E-state index contributed by atoms with van der Waals surface area (Å²) in [4.78, 5) is 6.89. The van der Waals surface area contributed by atoms with Crippen molar-refractivity contribution in [3.05, 3.63) is 47.9 Å². The van der Waals surface area contributed by atoms with E-state index in [0.717, 1.165) is 37.6 Å². The van der Waals surface area contributed by atoms with E-state index in [0.29, 0.717) is 17.7 Å². The fourth-order valence-corrected chi connectivity index (χ4v) is 3.24. The standard InChI is InChI=1S/C19H24N4O/c1-2-10-20-17(3-1)13-23-11-8-15(9-12-23)14-24-19-7-6-18(21-22-19)16-4-5-16/h1-3,6-7,10,15-16H,4-5,8-9,11-14H2. The minimum Gasteiger partial charge on any atom is -0.476 e. The lowest BCUT2D eigenvalue weighted by atomic mass is 9.98. The lowest BCUT2D eigenvalue weighted by molar-refractivity contribution is 0.133. The van der Waals surface area contributed by atoms with E-state index in [9.17, 15) is 0 Å². The van der Waals surface area contributed by atoms with Crippen LogP contribution in [0, 0.1) is 5.92 Å². The molecule has 1 saturated heterocycles. The van der Waals surface area contributed by atoms with Crippen LogP contribution in [0.5, 0.6) is 5.88 Å². The third-order valence-corrected chi connectivity index (χ3v) is 4.94. The number of likely N-dealkylation sites (tertiary alicyclic amines) is 1. The van der Waals surface area contributed by atoms with Gasteiger partial charge in [0.2, 0.25) is 5.88 Å². The number of pyridine rings is 1. The van der Waals surface area contributed by atoms with E-state index in [4.69, 9.17) is 4.74 Å². The Kier molecular flexibility index (Phi) is 4.69. The molecule has 2 aromatic rings. The maximum Gasteiger partial charge on any atom is 0.233 e. The molecule has 0 atom stereocenters. The van der Waals surface area contributed by atoms with Gasteiger partial charge in [0, 0.05) is 24.7 Å². The smallest absolute Gasteiger partial charge is 0.233 e. The van der Waals surface area contributed by atoms with Gasteiger partial charge in [-0.15, -0.1) is 5.10 Å². The third-order valence-electron chi connectivity index (χ3n) is 4.94. The molecule has 0 spiro atoms. The molecule has 2 fully saturated rings. The summed E-state index contributed by atoms with van der Waals surface area (Å²) in [6, 6.07) is 10.1. The zero-order valence-electron chi connectivity index (χ0n) is 14.0. The monoisotopic (exact) mass is 324 g/mol. The highest BCUT2D eigenvalue weighted by atomic mass is 16.5. The molecule has 1 aliphatic carbocycles. The minimum atomic E-state index is 0.606. The average molecular weight is 324 g/mol. The Balaban J connectivity index is 1.20. The molecule has 0 N–H and O–H groups in total. The van der Waals surface area contributed by atoms with E-state index >= 15 is 0 Å². The van der Waals surface area contributed by atoms with Gasteiger partial charge in [-0.3, -0.25) is 9.88 Å². The third kappa shape index (κ3) is 4.09. The molecular formula is C19H24N4O. The average Bonchev–Trinajstić information content (AvgIpc) is 3.48. The van der Waals surface area contributed by atoms with E-state index in [-0.39, 0.29) is 0 Å². The molecule has 3 heterocycles. The summed E-state index contributed by atoms with van der Waals surface area (Å²) in [5.41, 5.74) is 2.27. The lowest BCUT2D eigenvalue weighted by Gasteiger charge is -2.31. The number of nitrogens with zero attached hydrogens (tertiary/aromatic N) is 4. The minimum absolute atomic E-state index is 0.606. The lowest BCUT2D eigenvalue weighted by Crippen LogP contribution is -2.35. The Morgan fingerprint density at radius 3 is 2.54 bits per heavy atom. The first-order chi connectivity index (χ1) is 11.9. The molecular weight excluding hydrogens is 300 g/mol. The Morgan fingerprint density at radius 1 is 1.00 bits per heavy atom. The van der Waals surface area contributed by atoms with Crippen molar-refractivity contribution >= 4 is 0 Å². The van der Waals surface area contributed by atoms with Crippen molar-refractivity contribution < 1.29 is 4.74 Å². The molecule has 4 rings (SSSR count). The Bertz CT molecular complexity index is 634. The maximum atomic E-state index is 5.85. The van der Waals surface area contributed by atoms with E-state index < -0.39 is 0 Å². The van der Waals surface area contributed by atoms with Gasteiger partial charge in [-0.2, -0.15) is 5.10 Å². The fourth-order valence-electron chi connectivity index (χ4n) is 3.24. The van der Waals surface area contributed by atoms with Crippen LogP contribution in [0.2, 0.25) is 0 Å². The fraction of sp³-hybridized carbons (Fsp3) is 0.526. The topological polar surface area (TPSA) is 51.1 Å². The number of hydrogen-bond donors (Lipinski definition) is 0. The van der Waals surface area contributed by atoms with E-state index in [1.54, 1.807) is 0 Å². The summed E-state index contributed by atoms with van der Waals surface area (Å²) < 4.78 is 5.85. The zero-order chi connectivity index (χ0) is 16.2. The summed E-state index contributed by atoms with van der Waals surface area (Å²) in [7, 11) is 0. The van der Waals surface area contributed by atoms with Gasteiger partial charge in [0.25, 0.3) is 0 Å². The molecule has 1 saturated carbocycles. The molecule has 0 aromatic carbocycles. The van der Waals surface area contributed by atoms with Crippen molar-refractivity contribution in [2.45, 2.75) is 38.1 Å². The van der Waals surface area contributed by atoms with Crippen LogP contribution >= 0.6 is 0 Å². The first kappa shape index (κ1) is 15.5. The molecule has 5 nitrogen and oxygen atoms in total. The molecule has 0 radical (unpaired) electrons. The maximum absolute atomic E-state index is 5.85. The molecule has 1 aliphatic heterocycles. The van der Waals surface area contributed by atoms with Gasteiger partial charge in [0.05, 0.1) is 18.0 Å². The summed E-state index contributed by atoms with van der Waals surface area (Å²) in [6.07, 6.45) is 6.71. The second-order valence-corrected chi connectivity index (χ2v) is 6.92. The molecule has 0 bridgehead atoms. The van der Waals surface area contributed by atoms with E-state index in [2.05, 4.69) is 38.3 Å². The van der Waals surface area contributed by atoms with Crippen molar-refractivity contribution in [1.29, 1.82) is 0 Å². The van der Waals surface area contributed by atoms with E-state index in [1.807, 2.05) is 18.3 Å². The highest BCUT2D eigenvalue weighted by Gasteiger charge is 2.25. The number of ether oxygens (including phenoxy) is 1. The van der Waals surface area contributed by atoms with Crippen molar-refractivity contribution in [2.75, 3.05) is 19.7 Å². The van der Waals surface area contributed by atoms with Crippen LogP contribution in [0.15, 0.2) is 36.5 Å². The van der Waals surface area contributed by atoms with Gasteiger partial charge >= 0.3 is 0 Å². The van der Waals surface area contributed by atoms with Crippen LogP contribution in [0.3, 0.4) is 0 Å². The van der Waals surface area contributed by atoms with Gasteiger partial charge in [-0.25, -0.2) is 0 Å². The molecule has 2 aliphatic rings. The number of hydrogen-bond acceptors (Lipinski definition) is 5. The van der Waals surface area contributed by atoms with Crippen LogP contribution in [0.1, 0.15) is 43.0 Å². The van der Waals surface area contributed by atoms with Crippen LogP contribution in [-0.4, -0.2) is 39.8 Å². The quantitative estimate of drug-likeness (QED) is 0.817. The van der Waals surface area contributed by atoms with Crippen LogP contribution in [-0.2, 0) is 6.54 Å². The van der Waals surface area contributed by atoms with Gasteiger partial charge < -0.3 is 4.74 Å². The Hall–Kier alpha value is -2.01. The number of piperidine rings is 1. The summed E-state index contributed by atoms with van der Waals surface area (Å²) >= 11 is 0. The largest absolute Gasteiger partial charge is 0.476 e. The van der Waals surface area contributed by atoms with Gasteiger partial charge in [-0.05, 0) is 62.9 Å². The van der Waals surface area contributed by atoms with E-state index in [1.165, 1.54) is 25.7 Å². The van der Waals surface area contributed by atoms with Gasteiger partial charge in [0.1, 0.15) is 0 Å². The van der Waals surface area contributed by atoms with Crippen LogP contribution in [0.25, 0.3) is 0 Å². The van der Waals surface area contributed by atoms with Crippen LogP contribution in [0.4, 0.5) is 0 Å². The SMILES string of the molecule is c1ccc(CN2CCC(COc3ccc(C4CC4)nn3)CC2)nc1. The summed E-state index contributed by atoms with van der Waals surface area (Å²) in [6.45, 7) is 3.91. The summed E-state index contributed by atoms with van der Waals surface area (Å²) in [5.74, 6) is 1.92. The molecule has 5 heteroatoms. The molecule has 24 heavy (non-hydrogen) atoms. The Labute approximate surface area is 143 Å². The zero-order valence-corrected chi connectivity index (χ0v) is 14.0. The predicted octanol–water partition coefficient (Wildman–Crippen LogP) is 3.04. The number of aromatic nitrogens is 3. The molecule has 126 valence electrons. The predicted molar refractivity (Wildman–Crippen MR) is 91.7 cm³/mol. The van der Waals surface area contributed by atoms with Crippen molar-refractivity contribution in [2.24, 2.45) is 5.92 Å². The summed E-state index contributed by atoms with van der Waals surface area (Å²) in [5, 5.41) is 8.48. The normalized spacial score (nSPS) is 19.3. The van der Waals surface area contributed by atoms with Crippen molar-refractivity contribution in [1.82, 2.24) is 20.1 Å². The van der Waals surface area contributed by atoms with Crippen LogP contribution < -0.4 is 4.74 Å². The Morgan fingerprint density at radius 2 is 1.88 bits per heavy atom. The second kappa shape index (κ2) is 7.26. The molecule has 2 aromatic heterocycles. The van der Waals surface area contributed by atoms with Crippen molar-refractivity contribution in [3.8, 4) is 5.88 Å². The molecule has 0 unspecified atom stereocenters. The first-order valence-corrected chi connectivity index (χ1v) is 8.95. The van der Waals surface area contributed by atoms with Gasteiger partial charge in [0.15, 0.2) is 0 Å². The number of rotatable bonds is 6. The first-order valence-electron chi connectivity index (χ1n) is 8.95. The highest BCUT2D eigenvalue weighted by Crippen LogP contribution is 2.38. The van der Waals surface area contributed by atoms with Crippen molar-refractivity contribution in [3.63, 3.8) is 0 Å². The van der Waals surface area contributed by atoms with Gasteiger partial charge in [-0.1, -0.05) is 6.07 Å². The second-order valence-electron chi connectivity index (χ2n) is 6.92. The molecule has 0 amide bonds.